The highest BCUT2D eigenvalue weighted by atomic mass is 28.1. The van der Waals surface area contributed by atoms with Crippen LogP contribution in [0.15, 0.2) is 0 Å². The van der Waals surface area contributed by atoms with Crippen LogP contribution in [0.3, 0.4) is 0 Å². The number of nitrogens with zero attached hydrogens (tertiary/aromatic N) is 1. The van der Waals surface area contributed by atoms with Crippen molar-refractivity contribution < 1.29 is 4.48 Å². The van der Waals surface area contributed by atoms with Crippen LogP contribution in [0.5, 0.6) is 0 Å². The van der Waals surface area contributed by atoms with Gasteiger partial charge in [0.1, 0.15) is 0 Å². The molecule has 0 heterocycles. The van der Waals surface area contributed by atoms with Crippen molar-refractivity contribution in [2.75, 3.05) is 40.8 Å². The summed E-state index contributed by atoms with van der Waals surface area (Å²) in [5, 5.41) is 3.57. The van der Waals surface area contributed by atoms with Crippen LogP contribution in [0.4, 0.5) is 0 Å². The summed E-state index contributed by atoms with van der Waals surface area (Å²) >= 11 is 0. The molecule has 2 nitrogen and oxygen atoms in total. The van der Waals surface area contributed by atoms with E-state index in [1.54, 1.807) is 0 Å². The molecule has 134 valence electrons. The largest absolute Gasteiger partial charge is 0.330 e. The van der Waals surface area contributed by atoms with E-state index < -0.39 is 0 Å². The third kappa shape index (κ3) is 20.1. The maximum Gasteiger partial charge on any atom is 0.0907 e. The van der Waals surface area contributed by atoms with Crippen LogP contribution in [-0.4, -0.2) is 55.5 Å². The van der Waals surface area contributed by atoms with Crippen molar-refractivity contribution in [3.8, 4) is 0 Å². The second-order valence-electron chi connectivity index (χ2n) is 8.01. The molecule has 0 unspecified atom stereocenters. The van der Waals surface area contributed by atoms with Gasteiger partial charge in [0.25, 0.3) is 0 Å². The number of unbranched alkanes of at least 4 members (excludes halogenated alkanes) is 11. The predicted molar refractivity (Wildman–Crippen MR) is 106 cm³/mol. The fraction of sp³-hybridized carbons (Fsp3) is 1.00. The molecule has 0 aromatic rings. The molecule has 0 radical (unpaired) electrons. The van der Waals surface area contributed by atoms with Gasteiger partial charge in [0.15, 0.2) is 0 Å². The van der Waals surface area contributed by atoms with Gasteiger partial charge in [-0.1, -0.05) is 76.7 Å². The Hall–Kier alpha value is 0.137. The molecule has 0 fully saturated rings. The molecule has 0 aliphatic carbocycles. The first-order valence-electron chi connectivity index (χ1n) is 10.1. The number of hydrogen-bond acceptors (Lipinski definition) is 1. The standard InChI is InChI=1S/C19H45N2Si/c1-21(2,3)18-17-20-16-14-12-10-8-6-4-5-7-9-11-13-15-19-22/h20H,4-19H2,1-3,22H3/q+1. The second kappa shape index (κ2) is 16.0. The van der Waals surface area contributed by atoms with E-state index in [9.17, 15) is 0 Å². The van der Waals surface area contributed by atoms with Gasteiger partial charge in [-0.15, -0.1) is 0 Å². The molecule has 0 aliphatic rings. The average molecular weight is 330 g/mol. The lowest BCUT2D eigenvalue weighted by Crippen LogP contribution is -2.40. The van der Waals surface area contributed by atoms with Crippen molar-refractivity contribution in [2.45, 2.75) is 83.1 Å². The molecule has 1 N–H and O–H groups in total. The van der Waals surface area contributed by atoms with E-state index in [4.69, 9.17) is 0 Å². The van der Waals surface area contributed by atoms with Crippen LogP contribution in [0, 0.1) is 0 Å². The molecule has 0 aromatic heterocycles. The summed E-state index contributed by atoms with van der Waals surface area (Å²) in [5.74, 6) is 0. The Morgan fingerprint density at radius 2 is 1.00 bits per heavy atom. The highest BCUT2D eigenvalue weighted by Gasteiger charge is 2.04. The number of quaternary nitrogens is 1. The molecule has 0 aliphatic heterocycles. The topological polar surface area (TPSA) is 12.0 Å². The molecule has 0 aromatic carbocycles. The zero-order chi connectivity index (χ0) is 16.5. The third-order valence-electron chi connectivity index (χ3n) is 4.42. The Kier molecular flexibility index (Phi) is 16.1. The van der Waals surface area contributed by atoms with Crippen molar-refractivity contribution in [2.24, 2.45) is 0 Å². The molecule has 22 heavy (non-hydrogen) atoms. The van der Waals surface area contributed by atoms with Gasteiger partial charge >= 0.3 is 0 Å². The van der Waals surface area contributed by atoms with Gasteiger partial charge in [0.2, 0.25) is 0 Å². The summed E-state index contributed by atoms with van der Waals surface area (Å²) in [4.78, 5) is 0. The first-order chi connectivity index (χ1) is 10.6. The van der Waals surface area contributed by atoms with Crippen LogP contribution >= 0.6 is 0 Å². The van der Waals surface area contributed by atoms with E-state index in [1.807, 2.05) is 0 Å². The minimum Gasteiger partial charge on any atom is -0.330 e. The summed E-state index contributed by atoms with van der Waals surface area (Å²) in [6.07, 6.45) is 17.5. The SMILES string of the molecule is C[N+](C)(C)CCNCCCCCCCCCCCCCC[SiH3]. The summed E-state index contributed by atoms with van der Waals surface area (Å²) in [5.41, 5.74) is 0. The average Bonchev–Trinajstić information content (AvgIpc) is 2.45. The Bertz CT molecular complexity index is 214. The van der Waals surface area contributed by atoms with Gasteiger partial charge in [-0.25, -0.2) is 0 Å². The first kappa shape index (κ1) is 22.1. The van der Waals surface area contributed by atoms with Crippen LogP contribution in [0.25, 0.3) is 0 Å². The smallest absolute Gasteiger partial charge is 0.0907 e. The maximum absolute atomic E-state index is 3.57. The quantitative estimate of drug-likeness (QED) is 0.243. The Morgan fingerprint density at radius 3 is 1.41 bits per heavy atom. The normalized spacial score (nSPS) is 12.1. The van der Waals surface area contributed by atoms with Crippen molar-refractivity contribution >= 4 is 10.2 Å². The minimum atomic E-state index is 1.06. The van der Waals surface area contributed by atoms with E-state index in [-0.39, 0.29) is 0 Å². The van der Waals surface area contributed by atoms with E-state index in [2.05, 4.69) is 26.5 Å². The van der Waals surface area contributed by atoms with Gasteiger partial charge in [-0.3, -0.25) is 0 Å². The van der Waals surface area contributed by atoms with E-state index in [0.717, 1.165) is 11.0 Å². The predicted octanol–water partition coefficient (Wildman–Crippen LogP) is 3.75. The molecule has 0 amide bonds. The van der Waals surface area contributed by atoms with E-state index in [0.29, 0.717) is 0 Å². The lowest BCUT2D eigenvalue weighted by molar-refractivity contribution is -0.869. The van der Waals surface area contributed by atoms with Crippen molar-refractivity contribution in [1.29, 1.82) is 0 Å². The minimum absolute atomic E-state index is 1.06. The molecule has 0 rings (SSSR count). The number of nitrogens with one attached hydrogen (secondary N) is 1. The molecule has 0 saturated heterocycles. The fourth-order valence-electron chi connectivity index (χ4n) is 2.81. The molecule has 0 atom stereocenters. The second-order valence-corrected chi connectivity index (χ2v) is 9.01. The van der Waals surface area contributed by atoms with Crippen LogP contribution < -0.4 is 5.32 Å². The summed E-state index contributed by atoms with van der Waals surface area (Å²) in [7, 11) is 8.18. The molecule has 3 heteroatoms. The number of rotatable bonds is 17. The molecular formula is C19H45N2Si+. The Labute approximate surface area is 144 Å². The molecular weight excluding hydrogens is 284 g/mol. The summed E-state index contributed by atoms with van der Waals surface area (Å²) in [6.45, 7) is 3.59. The van der Waals surface area contributed by atoms with Gasteiger partial charge in [-0.05, 0) is 13.0 Å². The van der Waals surface area contributed by atoms with E-state index >= 15 is 0 Å². The monoisotopic (exact) mass is 329 g/mol. The van der Waals surface area contributed by atoms with Crippen molar-refractivity contribution in [3.05, 3.63) is 0 Å². The first-order valence-corrected chi connectivity index (χ1v) is 11.5. The maximum atomic E-state index is 3.57. The number of likely N-dealkylation sites (N-methyl/N-ethyl adjacent to an activating group) is 1. The highest BCUT2D eigenvalue weighted by Crippen LogP contribution is 2.12. The third-order valence-corrected chi connectivity index (χ3v) is 5.12. The van der Waals surface area contributed by atoms with E-state index in [1.165, 1.54) is 106 Å². The van der Waals surface area contributed by atoms with Gasteiger partial charge in [0.05, 0.1) is 27.7 Å². The van der Waals surface area contributed by atoms with Gasteiger partial charge in [0, 0.05) is 16.8 Å². The van der Waals surface area contributed by atoms with Crippen LogP contribution in [-0.2, 0) is 0 Å². The Morgan fingerprint density at radius 1 is 0.591 bits per heavy atom. The van der Waals surface area contributed by atoms with Crippen LogP contribution in [0.2, 0.25) is 6.04 Å². The lowest BCUT2D eigenvalue weighted by atomic mass is 10.1. The summed E-state index contributed by atoms with van der Waals surface area (Å²) in [6, 6.07) is 1.51. The fourth-order valence-corrected chi connectivity index (χ4v) is 3.31. The summed E-state index contributed by atoms with van der Waals surface area (Å²) < 4.78 is 1.06. The highest BCUT2D eigenvalue weighted by molar-refractivity contribution is 6.08. The zero-order valence-corrected chi connectivity index (χ0v) is 18.3. The zero-order valence-electron chi connectivity index (χ0n) is 16.3. The molecule has 0 saturated carbocycles. The van der Waals surface area contributed by atoms with Crippen molar-refractivity contribution in [1.82, 2.24) is 5.32 Å². The van der Waals surface area contributed by atoms with Crippen molar-refractivity contribution in [3.63, 3.8) is 0 Å². The Balaban J connectivity index is 3.00. The number of hydrogen-bond donors (Lipinski definition) is 1. The van der Waals surface area contributed by atoms with Gasteiger partial charge < -0.3 is 9.80 Å². The molecule has 0 spiro atoms. The van der Waals surface area contributed by atoms with Crippen LogP contribution in [0.1, 0.15) is 77.0 Å². The molecule has 0 bridgehead atoms. The van der Waals surface area contributed by atoms with Gasteiger partial charge in [-0.2, -0.15) is 0 Å². The lowest BCUT2D eigenvalue weighted by Gasteiger charge is -2.23.